The first-order chi connectivity index (χ1) is 47.4. The van der Waals surface area contributed by atoms with Crippen LogP contribution in [0.25, 0.3) is 32.7 Å². The second-order valence-corrected chi connectivity index (χ2v) is 25.9. The average molecular weight is 1320 g/mol. The van der Waals surface area contributed by atoms with Gasteiger partial charge in [0.25, 0.3) is 23.4 Å². The molecule has 3 aliphatic heterocycles. The van der Waals surface area contributed by atoms with Crippen molar-refractivity contribution < 1.29 is 38.5 Å². The zero-order chi connectivity index (χ0) is 69.0. The van der Waals surface area contributed by atoms with Crippen molar-refractivity contribution in [3.8, 4) is 0 Å². The minimum absolute atomic E-state index is 0.0137. The van der Waals surface area contributed by atoms with Gasteiger partial charge in [-0.15, -0.1) is 0 Å². The number of amides is 6. The van der Waals surface area contributed by atoms with Crippen LogP contribution in [0.1, 0.15) is 104 Å². The van der Waals surface area contributed by atoms with Crippen LogP contribution in [-0.2, 0) is 47.6 Å². The van der Waals surface area contributed by atoms with E-state index >= 15 is 0 Å². The van der Waals surface area contributed by atoms with Crippen LogP contribution < -0.4 is 0 Å². The van der Waals surface area contributed by atoms with Crippen molar-refractivity contribution in [3.05, 3.63) is 256 Å². The fraction of sp³-hybridized carbons (Fsp3) is 0.304. The number of aryl methyl sites for hydroxylation is 1. The van der Waals surface area contributed by atoms with Crippen molar-refractivity contribution in [3.63, 3.8) is 0 Å². The summed E-state index contributed by atoms with van der Waals surface area (Å²) in [7, 11) is 7.47. The third-order valence-corrected chi connectivity index (χ3v) is 19.2. The first-order valence-electron chi connectivity index (χ1n) is 33.6. The minimum Gasteiger partial charge on any atom is -0.341 e. The molecule has 7 aromatic carbocycles. The lowest BCUT2D eigenvalue weighted by Crippen LogP contribution is -2.44. The van der Waals surface area contributed by atoms with Crippen molar-refractivity contribution in [2.75, 3.05) is 60.4 Å². The van der Waals surface area contributed by atoms with Crippen LogP contribution in [0.2, 0.25) is 0 Å². The summed E-state index contributed by atoms with van der Waals surface area (Å²) >= 11 is 0. The number of rotatable bonds is 15. The Labute approximate surface area is 571 Å². The molecule has 0 atom stereocenters. The van der Waals surface area contributed by atoms with Crippen LogP contribution in [0.5, 0.6) is 0 Å². The van der Waals surface area contributed by atoms with Gasteiger partial charge in [-0.3, -0.25) is 48.2 Å². The molecule has 0 radical (unpaired) electrons. The van der Waals surface area contributed by atoms with E-state index in [2.05, 4.69) is 0 Å². The van der Waals surface area contributed by atoms with Crippen LogP contribution in [0.4, 0.5) is 5.69 Å². The molecule has 10 aromatic rings. The number of nitrogens with zero attached hydrogens (tertiary/aromatic N) is 10. The predicted molar refractivity (Wildman–Crippen MR) is 380 cm³/mol. The molecule has 13 rings (SSSR count). The highest BCUT2D eigenvalue weighted by Crippen LogP contribution is 2.30. The fourth-order valence-electron chi connectivity index (χ4n) is 13.8. The molecular weight excluding hydrogens is 1230 g/mol. The number of nitro benzene ring substituents is 1. The maximum atomic E-state index is 13.7. The van der Waals surface area contributed by atoms with Crippen molar-refractivity contribution >= 4 is 79.7 Å². The summed E-state index contributed by atoms with van der Waals surface area (Å²) in [5, 5.41) is 13.9. The van der Waals surface area contributed by atoms with Gasteiger partial charge in [0, 0.05) is 158 Å². The lowest BCUT2D eigenvalue weighted by molar-refractivity contribution is -0.384. The van der Waals surface area contributed by atoms with Crippen LogP contribution in [0.15, 0.2) is 206 Å². The SMILES string of the molecule is CC(=O)n1c(C(=O)N2CCC(C(=O)N(C)Cc3ccccc3)CC2)cc2ccccc21.CN(Cc1ccccc1)C(=O)C1CCN(C(=O)c2cc3ccccc3n2C)CC1.CN(Cc1ccccc1)C(=O)C1CCN(C(=O)c2cc3ccccc3n2Cc2ccc([N+](=O)[O-])cc2)CC1. The number of para-hydroxylation sites is 3. The second-order valence-electron chi connectivity index (χ2n) is 25.9. The van der Waals surface area contributed by atoms with E-state index in [1.165, 1.54) is 23.6 Å². The second kappa shape index (κ2) is 31.3. The van der Waals surface area contributed by atoms with Gasteiger partial charge in [-0.1, -0.05) is 158 Å². The molecule has 6 heterocycles. The summed E-state index contributed by atoms with van der Waals surface area (Å²) in [4.78, 5) is 112. The maximum absolute atomic E-state index is 13.7. The van der Waals surface area contributed by atoms with Crippen molar-refractivity contribution in [2.45, 2.75) is 71.6 Å². The lowest BCUT2D eigenvalue weighted by atomic mass is 9.95. The molecule has 0 aliphatic carbocycles. The van der Waals surface area contributed by atoms with E-state index in [-0.39, 0.29) is 64.8 Å². The summed E-state index contributed by atoms with van der Waals surface area (Å²) in [6, 6.07) is 65.3. The number of benzene rings is 7. The molecular formula is C79H84N10O9. The largest absolute Gasteiger partial charge is 0.341 e. The summed E-state index contributed by atoms with van der Waals surface area (Å²) < 4.78 is 5.43. The van der Waals surface area contributed by atoms with Crippen molar-refractivity contribution in [1.29, 1.82) is 0 Å². The molecule has 19 nitrogen and oxygen atoms in total. The zero-order valence-corrected chi connectivity index (χ0v) is 56.3. The number of nitro groups is 1. The molecule has 3 aliphatic rings. The molecule has 3 fully saturated rings. The third kappa shape index (κ3) is 16.0. The monoisotopic (exact) mass is 1320 g/mol. The Balaban J connectivity index is 0.000000150. The Kier molecular flexibility index (Phi) is 21.8. The summed E-state index contributed by atoms with van der Waals surface area (Å²) in [6.07, 6.45) is 3.95. The molecule has 0 unspecified atom stereocenters. The molecule has 0 saturated carbocycles. The van der Waals surface area contributed by atoms with Crippen LogP contribution in [0.3, 0.4) is 0 Å². The maximum Gasteiger partial charge on any atom is 0.270 e. The van der Waals surface area contributed by atoms with Gasteiger partial charge in [0.2, 0.25) is 23.6 Å². The van der Waals surface area contributed by atoms with E-state index in [1.54, 1.807) is 37.8 Å². The standard InChI is InChI=1S/C30H30N4O4.C25H27N3O3.C24H27N3O2/c1-31(20-22-7-3-2-4-8-22)29(35)24-15-17-32(18-16-24)30(36)28-19-25-9-5-6-10-27(25)33(28)21-23-11-13-26(14-12-23)34(37)38;1-18(29)28-22-11-7-6-10-21(22)16-23(28)25(31)27-14-12-20(13-15-27)24(30)26(2)17-19-8-4-3-5-9-19;1-25(17-18-8-4-3-5-9-18)23(28)19-12-14-27(15-13-19)24(29)22-16-20-10-6-7-11-21(20)26(22)2/h2-14,19,24H,15-18,20-21H2,1H3;3-11,16,20H,12-15,17H2,1-2H3;3-11,16,19H,12-15,17H2,1-2H3. The van der Waals surface area contributed by atoms with Gasteiger partial charge in [0.05, 0.1) is 10.4 Å². The topological polar surface area (TPSA) is 197 Å². The molecule has 6 amide bonds. The average Bonchev–Trinajstić information content (AvgIpc) is 1.64. The number of fused-ring (bicyclic) bond motifs is 3. The highest BCUT2D eigenvalue weighted by atomic mass is 16.6. The van der Waals surface area contributed by atoms with Gasteiger partial charge in [0.15, 0.2) is 0 Å². The number of aromatic nitrogens is 3. The number of likely N-dealkylation sites (tertiary alicyclic amines) is 3. The first kappa shape index (κ1) is 68.4. The van der Waals surface area contributed by atoms with Gasteiger partial charge in [0.1, 0.15) is 17.1 Å². The summed E-state index contributed by atoms with van der Waals surface area (Å²) in [5.41, 5.74) is 8.64. The van der Waals surface area contributed by atoms with Gasteiger partial charge >= 0.3 is 0 Å². The molecule has 0 bridgehead atoms. The number of hydrogen-bond donors (Lipinski definition) is 0. The molecule has 0 spiro atoms. The van der Waals surface area contributed by atoms with Gasteiger partial charge < -0.3 is 38.5 Å². The van der Waals surface area contributed by atoms with E-state index in [0.29, 0.717) is 121 Å². The molecule has 19 heteroatoms. The molecule has 98 heavy (non-hydrogen) atoms. The number of carbonyl (C=O) groups excluding carboxylic acids is 7. The highest BCUT2D eigenvalue weighted by Gasteiger charge is 2.35. The molecule has 3 aromatic heterocycles. The molecule has 3 saturated heterocycles. The Morgan fingerprint density at radius 1 is 0.408 bits per heavy atom. The van der Waals surface area contributed by atoms with Crippen molar-refractivity contribution in [1.82, 2.24) is 43.1 Å². The Bertz CT molecular complexity index is 4480. The van der Waals surface area contributed by atoms with Crippen LogP contribution >= 0.6 is 0 Å². The quantitative estimate of drug-likeness (QED) is 0.0708. The van der Waals surface area contributed by atoms with Gasteiger partial charge in [-0.05, 0) is 97.2 Å². The van der Waals surface area contributed by atoms with Crippen molar-refractivity contribution in [2.24, 2.45) is 24.8 Å². The highest BCUT2D eigenvalue weighted by molar-refractivity contribution is 6.05. The normalized spacial score (nSPS) is 14.4. The van der Waals surface area contributed by atoms with E-state index in [9.17, 15) is 43.7 Å². The predicted octanol–water partition coefficient (Wildman–Crippen LogP) is 12.6. The van der Waals surface area contributed by atoms with Gasteiger partial charge in [-0.25, -0.2) is 0 Å². The lowest BCUT2D eigenvalue weighted by Gasteiger charge is -2.33. The Morgan fingerprint density at radius 2 is 0.735 bits per heavy atom. The number of hydrogen-bond acceptors (Lipinski definition) is 9. The first-order valence-corrected chi connectivity index (χ1v) is 33.6. The van der Waals surface area contributed by atoms with Crippen LogP contribution in [0, 0.1) is 27.9 Å². The summed E-state index contributed by atoms with van der Waals surface area (Å²) in [6.45, 7) is 6.96. The van der Waals surface area contributed by atoms with Crippen LogP contribution in [-0.4, -0.2) is 150 Å². The number of piperidine rings is 3. The number of non-ortho nitro benzene ring substituents is 1. The molecule has 0 N–H and O–H groups in total. The van der Waals surface area contributed by atoms with Gasteiger partial charge in [-0.2, -0.15) is 0 Å². The summed E-state index contributed by atoms with van der Waals surface area (Å²) in [5.74, 6) is -0.144. The van der Waals surface area contributed by atoms with E-state index in [1.807, 2.05) is 223 Å². The minimum atomic E-state index is -0.419. The smallest absolute Gasteiger partial charge is 0.270 e. The van der Waals surface area contributed by atoms with E-state index < -0.39 is 4.92 Å². The molecule has 504 valence electrons. The third-order valence-electron chi connectivity index (χ3n) is 19.2. The zero-order valence-electron chi connectivity index (χ0n) is 56.3. The Hall–Kier alpha value is -11.0. The fourth-order valence-corrected chi connectivity index (χ4v) is 13.8. The Morgan fingerprint density at radius 3 is 1.13 bits per heavy atom. The van der Waals surface area contributed by atoms with E-state index in [0.717, 1.165) is 55.0 Å². The number of carbonyl (C=O) groups is 7. The van der Waals surface area contributed by atoms with E-state index in [4.69, 9.17) is 0 Å².